The first kappa shape index (κ1) is 19.2. The Kier molecular flexibility index (Phi) is 4.97. The Hall–Kier alpha value is -2.83. The van der Waals surface area contributed by atoms with Crippen molar-refractivity contribution in [2.45, 2.75) is 31.9 Å². The van der Waals surface area contributed by atoms with Crippen LogP contribution >= 0.6 is 0 Å². The molecule has 5 rings (SSSR count). The molecular formula is C24H26N4O2. The monoisotopic (exact) mass is 402 g/mol. The summed E-state index contributed by atoms with van der Waals surface area (Å²) in [5, 5.41) is 11.6. The quantitative estimate of drug-likeness (QED) is 0.702. The number of nitrogens with zero attached hydrogens (tertiary/aromatic N) is 4. The number of pyridine rings is 1. The maximum Gasteiger partial charge on any atom is 0.321 e. The lowest BCUT2D eigenvalue weighted by molar-refractivity contribution is -0.0114. The minimum absolute atomic E-state index is 0.225. The van der Waals surface area contributed by atoms with E-state index in [2.05, 4.69) is 25.9 Å². The van der Waals surface area contributed by atoms with E-state index < -0.39 is 5.60 Å². The van der Waals surface area contributed by atoms with Crippen molar-refractivity contribution in [2.75, 3.05) is 13.1 Å². The number of aryl methyl sites for hydroxylation is 1. The number of fused-ring (bicyclic) bond motifs is 1. The molecule has 1 aromatic carbocycles. The number of hydrogen-bond donors (Lipinski definition) is 1. The van der Waals surface area contributed by atoms with Gasteiger partial charge in [-0.1, -0.05) is 18.2 Å². The van der Waals surface area contributed by atoms with Gasteiger partial charge in [-0.3, -0.25) is 9.88 Å². The number of benzene rings is 1. The van der Waals surface area contributed by atoms with Gasteiger partial charge in [-0.15, -0.1) is 0 Å². The van der Waals surface area contributed by atoms with Gasteiger partial charge in [0.25, 0.3) is 0 Å². The number of likely N-dealkylation sites (tertiary alicyclic amines) is 1. The summed E-state index contributed by atoms with van der Waals surface area (Å²) in [6.45, 7) is 4.76. The molecule has 0 amide bonds. The van der Waals surface area contributed by atoms with Crippen molar-refractivity contribution in [3.63, 3.8) is 0 Å². The Morgan fingerprint density at radius 1 is 1.07 bits per heavy atom. The summed E-state index contributed by atoms with van der Waals surface area (Å²) in [6.07, 6.45) is 6.97. The highest BCUT2D eigenvalue weighted by Gasteiger charge is 2.53. The Balaban J connectivity index is 1.29. The van der Waals surface area contributed by atoms with Gasteiger partial charge in [0.15, 0.2) is 0 Å². The third-order valence-corrected chi connectivity index (χ3v) is 6.50. The van der Waals surface area contributed by atoms with Gasteiger partial charge in [-0.2, -0.15) is 0 Å². The number of hydrogen-bond acceptors (Lipinski definition) is 6. The highest BCUT2D eigenvalue weighted by atomic mass is 16.5. The second-order valence-corrected chi connectivity index (χ2v) is 8.47. The molecule has 1 aliphatic carbocycles. The second-order valence-electron chi connectivity index (χ2n) is 8.47. The molecule has 0 unspecified atom stereocenters. The zero-order valence-electron chi connectivity index (χ0n) is 17.1. The van der Waals surface area contributed by atoms with Crippen molar-refractivity contribution in [1.82, 2.24) is 19.9 Å². The fraction of sp³-hybridized carbons (Fsp3) is 0.375. The molecule has 1 N–H and O–H groups in total. The minimum Gasteiger partial charge on any atom is -0.424 e. The molecule has 2 aliphatic rings. The van der Waals surface area contributed by atoms with E-state index in [9.17, 15) is 5.11 Å². The Labute approximate surface area is 176 Å². The van der Waals surface area contributed by atoms with Crippen LogP contribution in [0.3, 0.4) is 0 Å². The van der Waals surface area contributed by atoms with Gasteiger partial charge in [-0.25, -0.2) is 9.97 Å². The van der Waals surface area contributed by atoms with E-state index in [0.717, 1.165) is 49.5 Å². The van der Waals surface area contributed by atoms with Crippen LogP contribution in [-0.4, -0.2) is 38.0 Å². The summed E-state index contributed by atoms with van der Waals surface area (Å²) < 4.78 is 5.77. The van der Waals surface area contributed by atoms with E-state index in [4.69, 9.17) is 4.74 Å². The maximum atomic E-state index is 11.6. The van der Waals surface area contributed by atoms with Gasteiger partial charge < -0.3 is 9.84 Å². The SMILES string of the molecule is Cc1cccnc1[C@]1(O)CC[C@H]2CN(Cc3cccc(Oc4ncccn4)c3)C[C@H]21. The number of aromatic nitrogens is 3. The highest BCUT2D eigenvalue weighted by Crippen LogP contribution is 2.50. The van der Waals surface area contributed by atoms with Crippen LogP contribution in [-0.2, 0) is 12.1 Å². The van der Waals surface area contributed by atoms with Gasteiger partial charge >= 0.3 is 6.01 Å². The van der Waals surface area contributed by atoms with Gasteiger partial charge in [-0.05, 0) is 61.1 Å². The van der Waals surface area contributed by atoms with Crippen LogP contribution in [0.25, 0.3) is 0 Å². The third kappa shape index (κ3) is 3.57. The van der Waals surface area contributed by atoms with E-state index in [1.54, 1.807) is 24.7 Å². The van der Waals surface area contributed by atoms with Crippen LogP contribution in [0, 0.1) is 18.8 Å². The van der Waals surface area contributed by atoms with E-state index >= 15 is 0 Å². The van der Waals surface area contributed by atoms with Crippen molar-refractivity contribution < 1.29 is 9.84 Å². The second kappa shape index (κ2) is 7.78. The molecule has 3 aromatic rings. The maximum absolute atomic E-state index is 11.6. The van der Waals surface area contributed by atoms with Crippen molar-refractivity contribution in [3.8, 4) is 11.8 Å². The van der Waals surface area contributed by atoms with Crippen molar-refractivity contribution in [3.05, 3.63) is 77.9 Å². The van der Waals surface area contributed by atoms with Crippen LogP contribution in [0.5, 0.6) is 11.8 Å². The summed E-state index contributed by atoms with van der Waals surface area (Å²) in [5.41, 5.74) is 2.30. The minimum atomic E-state index is -0.819. The molecule has 3 atom stereocenters. The number of ether oxygens (including phenoxy) is 1. The summed E-state index contributed by atoms with van der Waals surface area (Å²) in [5.74, 6) is 1.47. The fourth-order valence-electron chi connectivity index (χ4n) is 5.16. The van der Waals surface area contributed by atoms with E-state index in [1.807, 2.05) is 37.3 Å². The van der Waals surface area contributed by atoms with Crippen LogP contribution in [0.15, 0.2) is 61.1 Å². The molecule has 1 saturated heterocycles. The molecule has 6 nitrogen and oxygen atoms in total. The Bertz CT molecular complexity index is 1030. The predicted molar refractivity (Wildman–Crippen MR) is 113 cm³/mol. The lowest BCUT2D eigenvalue weighted by Crippen LogP contribution is -2.36. The predicted octanol–water partition coefficient (Wildman–Crippen LogP) is 3.70. The van der Waals surface area contributed by atoms with Crippen LogP contribution < -0.4 is 4.74 Å². The molecule has 0 spiro atoms. The molecular weight excluding hydrogens is 376 g/mol. The topological polar surface area (TPSA) is 71.4 Å². The van der Waals surface area contributed by atoms with E-state index in [0.29, 0.717) is 11.9 Å². The van der Waals surface area contributed by atoms with E-state index in [1.165, 1.54) is 5.56 Å². The standard InChI is InChI=1S/C24H26N4O2/c1-17-5-3-10-25-22(17)24(29)9-8-19-15-28(16-21(19)24)14-18-6-2-7-20(13-18)30-23-26-11-4-12-27-23/h2-7,10-13,19,21,29H,8-9,14-16H2,1H3/t19-,21+,24-/m0/s1. The molecule has 30 heavy (non-hydrogen) atoms. The molecule has 1 aliphatic heterocycles. The van der Waals surface area contributed by atoms with Crippen molar-refractivity contribution >= 4 is 0 Å². The summed E-state index contributed by atoms with van der Waals surface area (Å²) in [7, 11) is 0. The first-order chi connectivity index (χ1) is 14.6. The van der Waals surface area contributed by atoms with Crippen molar-refractivity contribution in [1.29, 1.82) is 0 Å². The Morgan fingerprint density at radius 2 is 1.90 bits per heavy atom. The zero-order chi connectivity index (χ0) is 20.6. The number of rotatable bonds is 5. The lowest BCUT2D eigenvalue weighted by atomic mass is 9.83. The molecule has 6 heteroatoms. The van der Waals surface area contributed by atoms with Crippen LogP contribution in [0.2, 0.25) is 0 Å². The Morgan fingerprint density at radius 3 is 2.73 bits per heavy atom. The van der Waals surface area contributed by atoms with Crippen molar-refractivity contribution in [2.24, 2.45) is 11.8 Å². The summed E-state index contributed by atoms with van der Waals surface area (Å²) >= 11 is 0. The number of aliphatic hydroxyl groups is 1. The fourth-order valence-corrected chi connectivity index (χ4v) is 5.16. The summed E-state index contributed by atoms with van der Waals surface area (Å²) in [6, 6.07) is 14.2. The molecule has 2 aromatic heterocycles. The molecule has 0 radical (unpaired) electrons. The smallest absolute Gasteiger partial charge is 0.321 e. The van der Waals surface area contributed by atoms with Crippen LogP contribution in [0.1, 0.15) is 29.7 Å². The lowest BCUT2D eigenvalue weighted by Gasteiger charge is -2.31. The molecule has 0 bridgehead atoms. The highest BCUT2D eigenvalue weighted by molar-refractivity contribution is 5.31. The summed E-state index contributed by atoms with van der Waals surface area (Å²) in [4.78, 5) is 15.2. The van der Waals surface area contributed by atoms with Gasteiger partial charge in [0, 0.05) is 44.1 Å². The largest absolute Gasteiger partial charge is 0.424 e. The van der Waals surface area contributed by atoms with Gasteiger partial charge in [0.2, 0.25) is 0 Å². The normalized spacial score (nSPS) is 25.9. The average molecular weight is 402 g/mol. The molecule has 3 heterocycles. The van der Waals surface area contributed by atoms with Crippen LogP contribution in [0.4, 0.5) is 0 Å². The zero-order valence-corrected chi connectivity index (χ0v) is 17.1. The molecule has 1 saturated carbocycles. The first-order valence-electron chi connectivity index (χ1n) is 10.5. The van der Waals surface area contributed by atoms with Gasteiger partial charge in [0.05, 0.1) is 5.69 Å². The third-order valence-electron chi connectivity index (χ3n) is 6.50. The van der Waals surface area contributed by atoms with Gasteiger partial charge in [0.1, 0.15) is 11.4 Å². The molecule has 154 valence electrons. The molecule has 2 fully saturated rings. The average Bonchev–Trinajstić information content (AvgIpc) is 3.29. The van der Waals surface area contributed by atoms with E-state index in [-0.39, 0.29) is 5.92 Å². The first-order valence-corrected chi connectivity index (χ1v) is 10.5.